The standard InChI is InChI=1S/C15H23NO3/c1-3-15(10-17,11-18)16-14(19)9-8-13-6-4-12(2)5-7-13/h4-7,17-18H,3,8-11H2,1-2H3,(H,16,19). The molecule has 0 aliphatic rings. The smallest absolute Gasteiger partial charge is 0.220 e. The van der Waals surface area contributed by atoms with Gasteiger partial charge in [0.05, 0.1) is 18.8 Å². The molecule has 0 bridgehead atoms. The molecule has 0 saturated carbocycles. The van der Waals surface area contributed by atoms with Gasteiger partial charge in [-0.2, -0.15) is 0 Å². The highest BCUT2D eigenvalue weighted by Gasteiger charge is 2.28. The maximum atomic E-state index is 11.8. The molecule has 0 atom stereocenters. The molecule has 0 saturated heterocycles. The van der Waals surface area contributed by atoms with Crippen molar-refractivity contribution in [3.8, 4) is 0 Å². The Labute approximate surface area is 114 Å². The van der Waals surface area contributed by atoms with Gasteiger partial charge in [0.25, 0.3) is 0 Å². The maximum absolute atomic E-state index is 11.8. The largest absolute Gasteiger partial charge is 0.394 e. The molecule has 0 unspecified atom stereocenters. The van der Waals surface area contributed by atoms with E-state index < -0.39 is 5.54 Å². The van der Waals surface area contributed by atoms with Crippen LogP contribution in [0, 0.1) is 6.92 Å². The topological polar surface area (TPSA) is 69.6 Å². The number of carbonyl (C=O) groups excluding carboxylic acids is 1. The second kappa shape index (κ2) is 7.26. The van der Waals surface area contributed by atoms with Crippen molar-refractivity contribution >= 4 is 5.91 Å². The number of hydrogen-bond donors (Lipinski definition) is 3. The number of amides is 1. The van der Waals surface area contributed by atoms with Crippen LogP contribution in [0.5, 0.6) is 0 Å². The van der Waals surface area contributed by atoms with Crippen molar-refractivity contribution < 1.29 is 15.0 Å². The number of carbonyl (C=O) groups is 1. The van der Waals surface area contributed by atoms with Crippen LogP contribution in [0.15, 0.2) is 24.3 Å². The van der Waals surface area contributed by atoms with E-state index in [4.69, 9.17) is 0 Å². The Morgan fingerprint density at radius 2 is 1.79 bits per heavy atom. The molecule has 0 aliphatic heterocycles. The second-order valence-corrected chi connectivity index (χ2v) is 4.98. The summed E-state index contributed by atoms with van der Waals surface area (Å²) in [4.78, 5) is 11.8. The van der Waals surface area contributed by atoms with Gasteiger partial charge in [-0.1, -0.05) is 36.8 Å². The van der Waals surface area contributed by atoms with Crippen molar-refractivity contribution in [2.24, 2.45) is 0 Å². The number of rotatable bonds is 7. The Morgan fingerprint density at radius 1 is 1.21 bits per heavy atom. The zero-order valence-corrected chi connectivity index (χ0v) is 11.6. The molecular weight excluding hydrogens is 242 g/mol. The van der Waals surface area contributed by atoms with E-state index in [2.05, 4.69) is 5.32 Å². The van der Waals surface area contributed by atoms with Gasteiger partial charge in [0.15, 0.2) is 0 Å². The van der Waals surface area contributed by atoms with E-state index in [0.717, 1.165) is 5.56 Å². The van der Waals surface area contributed by atoms with Crippen molar-refractivity contribution in [3.63, 3.8) is 0 Å². The zero-order chi connectivity index (χ0) is 14.3. The number of aryl methyl sites for hydroxylation is 2. The molecule has 106 valence electrons. The minimum Gasteiger partial charge on any atom is -0.394 e. The van der Waals surface area contributed by atoms with Crippen LogP contribution in [0.1, 0.15) is 30.9 Å². The lowest BCUT2D eigenvalue weighted by atomic mass is 9.98. The lowest BCUT2D eigenvalue weighted by Crippen LogP contribution is -2.53. The number of benzene rings is 1. The van der Waals surface area contributed by atoms with E-state index in [1.807, 2.05) is 38.1 Å². The summed E-state index contributed by atoms with van der Waals surface area (Å²) in [5.74, 6) is -0.148. The molecule has 0 heterocycles. The third-order valence-electron chi connectivity index (χ3n) is 3.45. The summed E-state index contributed by atoms with van der Waals surface area (Å²) >= 11 is 0. The zero-order valence-electron chi connectivity index (χ0n) is 11.6. The summed E-state index contributed by atoms with van der Waals surface area (Å²) in [5.41, 5.74) is 1.40. The van der Waals surface area contributed by atoms with Gasteiger partial charge in [-0.15, -0.1) is 0 Å². The van der Waals surface area contributed by atoms with Gasteiger partial charge < -0.3 is 15.5 Å². The fourth-order valence-corrected chi connectivity index (χ4v) is 1.81. The maximum Gasteiger partial charge on any atom is 0.220 e. The molecule has 0 aliphatic carbocycles. The van der Waals surface area contributed by atoms with E-state index in [1.54, 1.807) is 0 Å². The van der Waals surface area contributed by atoms with Crippen LogP contribution in [0.4, 0.5) is 0 Å². The van der Waals surface area contributed by atoms with Crippen molar-refractivity contribution in [2.75, 3.05) is 13.2 Å². The summed E-state index contributed by atoms with van der Waals surface area (Å²) in [6.45, 7) is 3.34. The Hall–Kier alpha value is -1.39. The van der Waals surface area contributed by atoms with Crippen molar-refractivity contribution in [1.29, 1.82) is 0 Å². The van der Waals surface area contributed by atoms with Crippen LogP contribution in [0.25, 0.3) is 0 Å². The van der Waals surface area contributed by atoms with Gasteiger partial charge in [-0.05, 0) is 25.3 Å². The molecule has 1 aromatic rings. The van der Waals surface area contributed by atoms with Gasteiger partial charge in [0.1, 0.15) is 0 Å². The first-order chi connectivity index (χ1) is 9.05. The minimum atomic E-state index is -0.898. The number of nitrogens with one attached hydrogen (secondary N) is 1. The van der Waals surface area contributed by atoms with Gasteiger partial charge in [-0.3, -0.25) is 4.79 Å². The lowest BCUT2D eigenvalue weighted by molar-refractivity contribution is -0.124. The van der Waals surface area contributed by atoms with E-state index in [0.29, 0.717) is 19.3 Å². The van der Waals surface area contributed by atoms with Crippen LogP contribution >= 0.6 is 0 Å². The average Bonchev–Trinajstić information content (AvgIpc) is 2.44. The highest BCUT2D eigenvalue weighted by atomic mass is 16.3. The SMILES string of the molecule is CCC(CO)(CO)NC(=O)CCc1ccc(C)cc1. The number of hydrogen-bond acceptors (Lipinski definition) is 3. The molecule has 0 spiro atoms. The van der Waals surface area contributed by atoms with E-state index in [1.165, 1.54) is 5.56 Å². The first-order valence-electron chi connectivity index (χ1n) is 6.63. The van der Waals surface area contributed by atoms with Crippen LogP contribution in [-0.2, 0) is 11.2 Å². The van der Waals surface area contributed by atoms with E-state index in [-0.39, 0.29) is 19.1 Å². The summed E-state index contributed by atoms with van der Waals surface area (Å²) in [6.07, 6.45) is 1.50. The minimum absolute atomic E-state index is 0.148. The third-order valence-corrected chi connectivity index (χ3v) is 3.45. The Balaban J connectivity index is 2.49. The molecule has 0 aromatic heterocycles. The Kier molecular flexibility index (Phi) is 5.99. The van der Waals surface area contributed by atoms with Crippen LogP contribution in [-0.4, -0.2) is 34.9 Å². The van der Waals surface area contributed by atoms with E-state index in [9.17, 15) is 15.0 Å². The molecule has 19 heavy (non-hydrogen) atoms. The summed E-state index contributed by atoms with van der Waals surface area (Å²) in [6, 6.07) is 8.05. The fraction of sp³-hybridized carbons (Fsp3) is 0.533. The molecule has 1 rings (SSSR count). The first kappa shape index (κ1) is 15.7. The summed E-state index contributed by atoms with van der Waals surface area (Å²) in [5, 5.41) is 21.3. The molecule has 3 N–H and O–H groups in total. The predicted molar refractivity (Wildman–Crippen MR) is 74.8 cm³/mol. The lowest BCUT2D eigenvalue weighted by Gasteiger charge is -2.29. The highest BCUT2D eigenvalue weighted by molar-refractivity contribution is 5.77. The average molecular weight is 265 g/mol. The summed E-state index contributed by atoms with van der Waals surface area (Å²) in [7, 11) is 0. The highest BCUT2D eigenvalue weighted by Crippen LogP contribution is 2.10. The van der Waals surface area contributed by atoms with Crippen LogP contribution in [0.2, 0.25) is 0 Å². The Bertz CT molecular complexity index is 388. The predicted octanol–water partition coefficient (Wildman–Crippen LogP) is 1.18. The normalized spacial score (nSPS) is 11.4. The van der Waals surface area contributed by atoms with Gasteiger partial charge in [0.2, 0.25) is 5.91 Å². The summed E-state index contributed by atoms with van der Waals surface area (Å²) < 4.78 is 0. The molecule has 4 heteroatoms. The second-order valence-electron chi connectivity index (χ2n) is 4.98. The van der Waals surface area contributed by atoms with Crippen molar-refractivity contribution in [2.45, 2.75) is 38.6 Å². The quantitative estimate of drug-likeness (QED) is 0.693. The van der Waals surface area contributed by atoms with Crippen LogP contribution in [0.3, 0.4) is 0 Å². The van der Waals surface area contributed by atoms with Gasteiger partial charge >= 0.3 is 0 Å². The number of aliphatic hydroxyl groups excluding tert-OH is 2. The third kappa shape index (κ3) is 4.65. The monoisotopic (exact) mass is 265 g/mol. The molecule has 4 nitrogen and oxygen atoms in total. The molecular formula is C15H23NO3. The first-order valence-corrected chi connectivity index (χ1v) is 6.63. The molecule has 1 amide bonds. The molecule has 1 aromatic carbocycles. The number of aliphatic hydroxyl groups is 2. The Morgan fingerprint density at radius 3 is 2.26 bits per heavy atom. The van der Waals surface area contributed by atoms with Gasteiger partial charge in [-0.25, -0.2) is 0 Å². The molecule has 0 radical (unpaired) electrons. The van der Waals surface area contributed by atoms with E-state index >= 15 is 0 Å². The molecule has 0 fully saturated rings. The fourth-order valence-electron chi connectivity index (χ4n) is 1.81. The van der Waals surface area contributed by atoms with Crippen LogP contribution < -0.4 is 5.32 Å². The van der Waals surface area contributed by atoms with Gasteiger partial charge in [0, 0.05) is 6.42 Å². The van der Waals surface area contributed by atoms with Crippen molar-refractivity contribution in [3.05, 3.63) is 35.4 Å². The van der Waals surface area contributed by atoms with Crippen molar-refractivity contribution in [1.82, 2.24) is 5.32 Å².